The van der Waals surface area contributed by atoms with Crippen molar-refractivity contribution in [1.82, 2.24) is 9.47 Å². The number of carbonyl (C=O) groups excluding carboxylic acids is 1. The lowest BCUT2D eigenvalue weighted by Crippen LogP contribution is -2.23. The molecule has 0 fully saturated rings. The molecule has 0 bridgehead atoms. The maximum atomic E-state index is 15.9. The van der Waals surface area contributed by atoms with Gasteiger partial charge in [0.05, 0.1) is 10.6 Å². The average molecular weight is 621 g/mol. The molecule has 2 heterocycles. The van der Waals surface area contributed by atoms with E-state index in [0.29, 0.717) is 10.6 Å². The summed E-state index contributed by atoms with van der Waals surface area (Å²) in [4.78, 5) is 30.0. The number of hydrogen-bond donors (Lipinski definition) is 2. The number of halogens is 2. The van der Waals surface area contributed by atoms with Crippen LogP contribution in [0.3, 0.4) is 0 Å². The third-order valence-electron chi connectivity index (χ3n) is 7.65. The lowest BCUT2D eigenvalue weighted by molar-refractivity contribution is 0.103. The molecule has 2 aromatic heterocycles. The van der Waals surface area contributed by atoms with Gasteiger partial charge in [-0.2, -0.15) is 0 Å². The average Bonchev–Trinajstić information content (AvgIpc) is 3.27. The fourth-order valence-electron chi connectivity index (χ4n) is 5.48. The summed E-state index contributed by atoms with van der Waals surface area (Å²) in [5, 5.41) is 5.70. The van der Waals surface area contributed by atoms with E-state index in [2.05, 4.69) is 36.0 Å². The van der Waals surface area contributed by atoms with Gasteiger partial charge in [0, 0.05) is 59.8 Å². The molecular formula is C35H42F2N4O2S. The summed E-state index contributed by atoms with van der Waals surface area (Å²) in [6, 6.07) is 5.42. The van der Waals surface area contributed by atoms with Crippen LogP contribution in [-0.2, 0) is 19.9 Å². The van der Waals surface area contributed by atoms with Crippen LogP contribution >= 0.6 is 11.3 Å². The molecule has 0 aliphatic heterocycles. The summed E-state index contributed by atoms with van der Waals surface area (Å²) in [6.07, 6.45) is 14.3. The van der Waals surface area contributed by atoms with Gasteiger partial charge in [-0.05, 0) is 87.4 Å². The van der Waals surface area contributed by atoms with Crippen molar-refractivity contribution in [2.45, 2.75) is 65.7 Å². The highest BCUT2D eigenvalue weighted by Crippen LogP contribution is 2.32. The standard InChI is InChI=1S/C35H42F2N4O2S/c1-6-16-41(17-7-2)27(8-3)15-14-23(4)38-30-18-25(22-40(5)35(30)43)28-20-26(36)21-29(33(28)37)39-34(42)32-19-24-12-10-9-11-13-31(24)44-32/h8,14-15,18-22,38H,3,6-7,9-13,16-17H2,1-2,4-5H3,(H,39,42)/b23-14+,27-15+. The number of aromatic nitrogens is 1. The zero-order valence-electron chi connectivity index (χ0n) is 26.1. The Bertz CT molecular complexity index is 1610. The number of carbonyl (C=O) groups is 1. The molecule has 234 valence electrons. The fourth-order valence-corrected chi connectivity index (χ4v) is 6.63. The van der Waals surface area contributed by atoms with Crippen molar-refractivity contribution in [2.24, 2.45) is 7.05 Å². The molecule has 0 saturated heterocycles. The molecule has 1 aliphatic rings. The topological polar surface area (TPSA) is 66.4 Å². The van der Waals surface area contributed by atoms with Gasteiger partial charge in [-0.3, -0.25) is 9.59 Å². The second kappa shape index (κ2) is 15.1. The van der Waals surface area contributed by atoms with E-state index >= 15 is 4.39 Å². The number of aryl methyl sites for hydroxylation is 3. The van der Waals surface area contributed by atoms with Crippen LogP contribution in [0.4, 0.5) is 20.2 Å². The Labute approximate surface area is 262 Å². The van der Waals surface area contributed by atoms with Gasteiger partial charge in [0.15, 0.2) is 5.82 Å². The van der Waals surface area contributed by atoms with E-state index < -0.39 is 17.5 Å². The summed E-state index contributed by atoms with van der Waals surface area (Å²) in [5.74, 6) is -1.95. The molecule has 0 atom stereocenters. The molecule has 44 heavy (non-hydrogen) atoms. The van der Waals surface area contributed by atoms with Gasteiger partial charge in [0.2, 0.25) is 0 Å². The number of anilines is 2. The monoisotopic (exact) mass is 620 g/mol. The summed E-state index contributed by atoms with van der Waals surface area (Å²) in [5.41, 5.74) is 2.70. The number of benzene rings is 1. The minimum absolute atomic E-state index is 0.0637. The van der Waals surface area contributed by atoms with E-state index in [4.69, 9.17) is 0 Å². The van der Waals surface area contributed by atoms with Crippen molar-refractivity contribution in [3.63, 3.8) is 0 Å². The minimum atomic E-state index is -0.778. The van der Waals surface area contributed by atoms with E-state index in [0.717, 1.165) is 69.4 Å². The SMILES string of the molecule is C=C/C(=C\C=C(/C)Nc1cc(-c2cc(F)cc(NC(=O)c3cc4c(s3)CCCCC4)c2F)cn(C)c1=O)N(CCC)CCC. The van der Waals surface area contributed by atoms with E-state index in [1.54, 1.807) is 7.05 Å². The number of nitrogens with one attached hydrogen (secondary N) is 2. The Balaban J connectivity index is 1.61. The largest absolute Gasteiger partial charge is 0.372 e. The number of thiophene rings is 1. The second-order valence-electron chi connectivity index (χ2n) is 11.2. The zero-order valence-corrected chi connectivity index (χ0v) is 26.9. The van der Waals surface area contributed by atoms with E-state index in [-0.39, 0.29) is 28.1 Å². The zero-order chi connectivity index (χ0) is 31.8. The molecule has 0 spiro atoms. The molecular weight excluding hydrogens is 578 g/mol. The molecule has 6 nitrogen and oxygen atoms in total. The predicted octanol–water partition coefficient (Wildman–Crippen LogP) is 8.42. The first-order valence-corrected chi connectivity index (χ1v) is 16.1. The molecule has 3 aromatic rings. The van der Waals surface area contributed by atoms with Crippen molar-refractivity contribution >= 4 is 28.6 Å². The Hall–Kier alpha value is -3.98. The summed E-state index contributed by atoms with van der Waals surface area (Å²) >= 11 is 1.42. The quantitative estimate of drug-likeness (QED) is 0.158. The smallest absolute Gasteiger partial charge is 0.273 e. The van der Waals surface area contributed by atoms with Gasteiger partial charge >= 0.3 is 0 Å². The van der Waals surface area contributed by atoms with Crippen LogP contribution in [0.5, 0.6) is 0 Å². The lowest BCUT2D eigenvalue weighted by Gasteiger charge is -2.24. The Kier molecular flexibility index (Phi) is 11.3. The maximum absolute atomic E-state index is 15.9. The van der Waals surface area contributed by atoms with Crippen molar-refractivity contribution in [2.75, 3.05) is 23.7 Å². The maximum Gasteiger partial charge on any atom is 0.273 e. The second-order valence-corrected chi connectivity index (χ2v) is 12.3. The van der Waals surface area contributed by atoms with Crippen LogP contribution in [0.1, 0.15) is 73.0 Å². The van der Waals surface area contributed by atoms with Crippen LogP contribution in [-0.4, -0.2) is 28.5 Å². The van der Waals surface area contributed by atoms with Crippen molar-refractivity contribution in [3.05, 3.63) is 104 Å². The van der Waals surface area contributed by atoms with E-state index in [1.165, 1.54) is 45.0 Å². The number of amides is 1. The van der Waals surface area contributed by atoms with Gasteiger partial charge < -0.3 is 20.1 Å². The molecule has 4 rings (SSSR count). The minimum Gasteiger partial charge on any atom is -0.372 e. The van der Waals surface area contributed by atoms with Crippen molar-refractivity contribution in [1.29, 1.82) is 0 Å². The molecule has 0 unspecified atom stereocenters. The highest BCUT2D eigenvalue weighted by Gasteiger charge is 2.20. The number of allylic oxidation sites excluding steroid dienone is 4. The first-order valence-electron chi connectivity index (χ1n) is 15.3. The molecule has 1 aliphatic carbocycles. The van der Waals surface area contributed by atoms with Crippen molar-refractivity contribution in [3.8, 4) is 11.1 Å². The first kappa shape index (κ1) is 32.9. The molecule has 1 aromatic carbocycles. The van der Waals surface area contributed by atoms with Gasteiger partial charge in [-0.25, -0.2) is 8.78 Å². The molecule has 1 amide bonds. The predicted molar refractivity (Wildman–Crippen MR) is 178 cm³/mol. The van der Waals surface area contributed by atoms with Gasteiger partial charge in [0.1, 0.15) is 11.5 Å². The van der Waals surface area contributed by atoms with Crippen LogP contribution in [0, 0.1) is 11.6 Å². The van der Waals surface area contributed by atoms with E-state index in [9.17, 15) is 14.0 Å². The number of pyridine rings is 1. The fraction of sp³-hybridized carbons (Fsp3) is 0.371. The highest BCUT2D eigenvalue weighted by molar-refractivity contribution is 7.14. The van der Waals surface area contributed by atoms with Crippen LogP contribution in [0.15, 0.2) is 71.5 Å². The van der Waals surface area contributed by atoms with Gasteiger partial charge in [-0.1, -0.05) is 26.8 Å². The number of nitrogens with zero attached hydrogens (tertiary/aromatic N) is 2. The Morgan fingerprint density at radius 3 is 2.45 bits per heavy atom. The molecule has 2 N–H and O–H groups in total. The number of hydrogen-bond acceptors (Lipinski definition) is 5. The van der Waals surface area contributed by atoms with Crippen LogP contribution < -0.4 is 16.2 Å². The molecule has 0 saturated carbocycles. The lowest BCUT2D eigenvalue weighted by atomic mass is 10.0. The third-order valence-corrected chi connectivity index (χ3v) is 8.88. The highest BCUT2D eigenvalue weighted by atomic mass is 32.1. The van der Waals surface area contributed by atoms with Crippen LogP contribution in [0.2, 0.25) is 0 Å². The summed E-state index contributed by atoms with van der Waals surface area (Å²) in [6.45, 7) is 11.9. The number of rotatable bonds is 12. The molecule has 9 heteroatoms. The number of fused-ring (bicyclic) bond motifs is 1. The first-order chi connectivity index (χ1) is 21.1. The normalized spacial score (nSPS) is 13.7. The van der Waals surface area contributed by atoms with Gasteiger partial charge in [-0.15, -0.1) is 11.3 Å². The van der Waals surface area contributed by atoms with E-state index in [1.807, 2.05) is 31.2 Å². The van der Waals surface area contributed by atoms with Crippen LogP contribution in [0.25, 0.3) is 11.1 Å². The Morgan fingerprint density at radius 2 is 1.75 bits per heavy atom. The van der Waals surface area contributed by atoms with Gasteiger partial charge in [0.25, 0.3) is 11.5 Å². The molecule has 0 radical (unpaired) electrons. The Morgan fingerprint density at radius 1 is 1.02 bits per heavy atom. The third kappa shape index (κ3) is 7.94. The summed E-state index contributed by atoms with van der Waals surface area (Å²) in [7, 11) is 1.56. The van der Waals surface area contributed by atoms with Crippen molar-refractivity contribution < 1.29 is 13.6 Å². The summed E-state index contributed by atoms with van der Waals surface area (Å²) < 4.78 is 32.0.